The first-order valence-electron chi connectivity index (χ1n) is 14.1. The van der Waals surface area contributed by atoms with Crippen LogP contribution in [0.1, 0.15) is 41.6 Å². The molecule has 1 aliphatic heterocycles. The molecule has 1 aromatic heterocycles. The Bertz CT molecular complexity index is 1500. The van der Waals surface area contributed by atoms with Crippen LogP contribution >= 0.6 is 11.8 Å². The molecule has 0 saturated carbocycles. The van der Waals surface area contributed by atoms with Crippen molar-refractivity contribution in [2.24, 2.45) is 5.92 Å². The summed E-state index contributed by atoms with van der Waals surface area (Å²) >= 11 is 1.56. The third-order valence-electron chi connectivity index (χ3n) is 7.23. The van der Waals surface area contributed by atoms with E-state index in [2.05, 4.69) is 34.9 Å². The number of ether oxygens (including phenoxy) is 3. The van der Waals surface area contributed by atoms with Crippen LogP contribution in [-0.4, -0.2) is 39.6 Å². The van der Waals surface area contributed by atoms with Gasteiger partial charge in [-0.15, -0.1) is 0 Å². The molecule has 9 heteroatoms. The highest BCUT2D eigenvalue weighted by Gasteiger charge is 2.38. The van der Waals surface area contributed by atoms with Gasteiger partial charge >= 0.3 is 6.09 Å². The van der Waals surface area contributed by atoms with Gasteiger partial charge in [-0.25, -0.2) is 14.8 Å². The molecule has 4 aromatic rings. The van der Waals surface area contributed by atoms with Gasteiger partial charge in [-0.05, 0) is 46.0 Å². The maximum Gasteiger partial charge on any atom is 0.407 e. The SMILES string of the molecule is C=CCOC(=O)NCc1cccc(-c2cccc(C3OC(CSc4ncccn4)C(C)C(c4ccc(CO)cc4)O3)c2)c1. The van der Waals surface area contributed by atoms with Crippen molar-refractivity contribution in [3.8, 4) is 11.1 Å². The number of aromatic nitrogens is 2. The standard InChI is InChI=1S/C34H35N3O5S/c1-3-17-40-34(39)37-20-25-7-4-8-27(18-25)28-9-5-10-29(19-28)32-41-30(22-43-33-35-15-6-16-36-33)23(2)31(42-32)26-13-11-24(21-38)12-14-26/h3-16,18-19,23,30-32,38H,1,17,20-22H2,2H3,(H,37,39). The van der Waals surface area contributed by atoms with Gasteiger partial charge in [0.05, 0.1) is 18.8 Å². The van der Waals surface area contributed by atoms with Crippen LogP contribution in [0.2, 0.25) is 0 Å². The summed E-state index contributed by atoms with van der Waals surface area (Å²) in [6, 6.07) is 25.8. The predicted octanol–water partition coefficient (Wildman–Crippen LogP) is 6.63. The first kappa shape index (κ1) is 30.4. The van der Waals surface area contributed by atoms with Crippen LogP contribution in [0.15, 0.2) is 109 Å². The molecule has 1 amide bonds. The number of carbonyl (C=O) groups is 1. The van der Waals surface area contributed by atoms with E-state index in [-0.39, 0.29) is 31.3 Å². The molecular formula is C34H35N3O5S. The maximum absolute atomic E-state index is 11.9. The van der Waals surface area contributed by atoms with E-state index in [1.54, 1.807) is 30.2 Å². The van der Waals surface area contributed by atoms with E-state index in [1.807, 2.05) is 66.7 Å². The van der Waals surface area contributed by atoms with Gasteiger partial charge in [0, 0.05) is 36.2 Å². The average Bonchev–Trinajstić information content (AvgIpc) is 3.06. The highest BCUT2D eigenvalue weighted by atomic mass is 32.2. The van der Waals surface area contributed by atoms with E-state index in [0.29, 0.717) is 17.5 Å². The summed E-state index contributed by atoms with van der Waals surface area (Å²) in [6.45, 7) is 6.20. The fraction of sp³-hybridized carbons (Fsp3) is 0.265. The number of aliphatic hydroxyl groups is 1. The number of hydrogen-bond donors (Lipinski definition) is 2. The van der Waals surface area contributed by atoms with E-state index >= 15 is 0 Å². The normalized spacial score (nSPS) is 19.9. The molecule has 4 atom stereocenters. The zero-order valence-corrected chi connectivity index (χ0v) is 24.8. The van der Waals surface area contributed by atoms with Crippen LogP contribution in [0, 0.1) is 5.92 Å². The van der Waals surface area contributed by atoms with Gasteiger partial charge in [-0.3, -0.25) is 0 Å². The second-order valence-corrected chi connectivity index (χ2v) is 11.2. The summed E-state index contributed by atoms with van der Waals surface area (Å²) in [7, 11) is 0. The second kappa shape index (κ2) is 14.9. The first-order valence-corrected chi connectivity index (χ1v) is 15.1. The number of amides is 1. The minimum atomic E-state index is -0.592. The molecule has 2 N–H and O–H groups in total. The number of carbonyl (C=O) groups excluding carboxylic acids is 1. The number of alkyl carbamates (subject to hydrolysis) is 1. The molecule has 5 rings (SSSR count). The summed E-state index contributed by atoms with van der Waals surface area (Å²) in [5.41, 5.74) is 5.76. The van der Waals surface area contributed by atoms with Crippen molar-refractivity contribution < 1.29 is 24.1 Å². The molecule has 0 radical (unpaired) electrons. The lowest BCUT2D eigenvalue weighted by atomic mass is 9.91. The van der Waals surface area contributed by atoms with Crippen molar-refractivity contribution in [1.29, 1.82) is 0 Å². The lowest BCUT2D eigenvalue weighted by molar-refractivity contribution is -0.268. The molecule has 1 saturated heterocycles. The van der Waals surface area contributed by atoms with Gasteiger partial charge in [0.1, 0.15) is 6.61 Å². The molecule has 3 aromatic carbocycles. The van der Waals surface area contributed by atoms with Crippen molar-refractivity contribution in [3.63, 3.8) is 0 Å². The van der Waals surface area contributed by atoms with E-state index in [1.165, 1.54) is 6.08 Å². The van der Waals surface area contributed by atoms with Crippen LogP contribution in [0.25, 0.3) is 11.1 Å². The molecule has 0 spiro atoms. The summed E-state index contributed by atoms with van der Waals surface area (Å²) < 4.78 is 18.3. The van der Waals surface area contributed by atoms with E-state index < -0.39 is 12.4 Å². The Labute approximate surface area is 256 Å². The third kappa shape index (κ3) is 8.09. The Kier molecular flexibility index (Phi) is 10.6. The molecule has 0 bridgehead atoms. The summed E-state index contributed by atoms with van der Waals surface area (Å²) in [6.07, 6.45) is 3.58. The number of rotatable bonds is 11. The van der Waals surface area contributed by atoms with Gasteiger partial charge in [0.15, 0.2) is 11.4 Å². The fourth-order valence-electron chi connectivity index (χ4n) is 4.91. The highest BCUT2D eigenvalue weighted by Crippen LogP contribution is 2.43. The van der Waals surface area contributed by atoms with Crippen LogP contribution in [-0.2, 0) is 27.4 Å². The van der Waals surface area contributed by atoms with Crippen molar-refractivity contribution in [2.45, 2.75) is 43.7 Å². The molecule has 8 nitrogen and oxygen atoms in total. The molecule has 0 aliphatic carbocycles. The molecular weight excluding hydrogens is 562 g/mol. The molecule has 1 fully saturated rings. The Morgan fingerprint density at radius 2 is 1.72 bits per heavy atom. The Balaban J connectivity index is 1.37. The summed E-state index contributed by atoms with van der Waals surface area (Å²) in [4.78, 5) is 20.6. The summed E-state index contributed by atoms with van der Waals surface area (Å²) in [5.74, 6) is 0.721. The van der Waals surface area contributed by atoms with Gasteiger partial charge in [-0.2, -0.15) is 0 Å². The fourth-order valence-corrected chi connectivity index (χ4v) is 5.88. The van der Waals surface area contributed by atoms with E-state index in [0.717, 1.165) is 33.4 Å². The lowest BCUT2D eigenvalue weighted by Gasteiger charge is -2.41. The van der Waals surface area contributed by atoms with Crippen LogP contribution in [0.4, 0.5) is 4.79 Å². The largest absolute Gasteiger partial charge is 0.445 e. The Morgan fingerprint density at radius 1 is 0.977 bits per heavy atom. The smallest absolute Gasteiger partial charge is 0.407 e. The van der Waals surface area contributed by atoms with E-state index in [9.17, 15) is 9.90 Å². The quantitative estimate of drug-likeness (QED) is 0.113. The van der Waals surface area contributed by atoms with Crippen LogP contribution in [0.5, 0.6) is 0 Å². The predicted molar refractivity (Wildman–Crippen MR) is 166 cm³/mol. The summed E-state index contributed by atoms with van der Waals surface area (Å²) in [5, 5.41) is 13.0. The van der Waals surface area contributed by atoms with Gasteiger partial charge in [0.2, 0.25) is 0 Å². The van der Waals surface area contributed by atoms with Gasteiger partial charge in [-0.1, -0.05) is 92.0 Å². The van der Waals surface area contributed by atoms with Crippen molar-refractivity contribution in [3.05, 3.63) is 126 Å². The number of thioether (sulfide) groups is 1. The van der Waals surface area contributed by atoms with Gasteiger partial charge in [0.25, 0.3) is 0 Å². The van der Waals surface area contributed by atoms with Crippen LogP contribution < -0.4 is 5.32 Å². The van der Waals surface area contributed by atoms with E-state index in [4.69, 9.17) is 14.2 Å². The molecule has 222 valence electrons. The zero-order valence-electron chi connectivity index (χ0n) is 24.0. The minimum absolute atomic E-state index is 0.00706. The first-order chi connectivity index (χ1) is 21.0. The number of aliphatic hydroxyl groups excluding tert-OH is 1. The zero-order chi connectivity index (χ0) is 30.0. The maximum atomic E-state index is 11.9. The van der Waals surface area contributed by atoms with Crippen molar-refractivity contribution >= 4 is 17.9 Å². The highest BCUT2D eigenvalue weighted by molar-refractivity contribution is 7.99. The monoisotopic (exact) mass is 597 g/mol. The van der Waals surface area contributed by atoms with Crippen molar-refractivity contribution in [2.75, 3.05) is 12.4 Å². The molecule has 2 heterocycles. The number of benzene rings is 3. The lowest BCUT2D eigenvalue weighted by Crippen LogP contribution is -2.38. The number of nitrogens with one attached hydrogen (secondary N) is 1. The Morgan fingerprint density at radius 3 is 2.47 bits per heavy atom. The number of hydrogen-bond acceptors (Lipinski definition) is 8. The number of nitrogens with zero attached hydrogens (tertiary/aromatic N) is 2. The van der Waals surface area contributed by atoms with Gasteiger partial charge < -0.3 is 24.6 Å². The molecule has 1 aliphatic rings. The Hall–Kier alpha value is -4.02. The van der Waals surface area contributed by atoms with Crippen molar-refractivity contribution in [1.82, 2.24) is 15.3 Å². The molecule has 4 unspecified atom stereocenters. The third-order valence-corrected chi connectivity index (χ3v) is 8.19. The average molecular weight is 598 g/mol. The molecule has 43 heavy (non-hydrogen) atoms. The topological polar surface area (TPSA) is 103 Å². The minimum Gasteiger partial charge on any atom is -0.445 e. The second-order valence-electron chi connectivity index (χ2n) is 10.2. The van der Waals surface area contributed by atoms with Crippen LogP contribution in [0.3, 0.4) is 0 Å².